The van der Waals surface area contributed by atoms with Gasteiger partial charge in [0.05, 0.1) is 25.0 Å². The molecule has 14 rings (SSSR count). The van der Waals surface area contributed by atoms with Crippen LogP contribution in [0.2, 0.25) is 0 Å². The van der Waals surface area contributed by atoms with Crippen LogP contribution in [0, 0.1) is 0 Å². The number of methoxy groups -OCH3 is 2. The van der Waals surface area contributed by atoms with Gasteiger partial charge in [-0.2, -0.15) is 0 Å². The van der Waals surface area contributed by atoms with Crippen LogP contribution in [-0.2, 0) is 10.8 Å². The third-order valence-electron chi connectivity index (χ3n) is 15.4. The third-order valence-corrected chi connectivity index (χ3v) is 15.4. The van der Waals surface area contributed by atoms with Crippen LogP contribution in [0.1, 0.15) is 44.5 Å². The Hall–Kier alpha value is -9.38. The Morgan fingerprint density at radius 1 is 0.243 bits per heavy atom. The molecule has 2 bridgehead atoms. The normalized spacial score (nSPS) is 15.8. The molecule has 4 heteroatoms. The summed E-state index contributed by atoms with van der Waals surface area (Å²) >= 11 is 0. The molecule has 3 aliphatic rings. The number of nitrogens with zero attached hydrogens (tertiary/aromatic N) is 2. The molecule has 0 N–H and O–H groups in total. The second-order valence-electron chi connectivity index (χ2n) is 19.1. The van der Waals surface area contributed by atoms with Gasteiger partial charge in [-0.15, -0.1) is 0 Å². The number of hydrogen-bond acceptors (Lipinski definition) is 4. The topological polar surface area (TPSA) is 24.9 Å². The molecular formula is C70H52N2O2. The Kier molecular flexibility index (Phi) is 11.0. The molecule has 0 heterocycles. The van der Waals surface area contributed by atoms with Crippen molar-refractivity contribution in [3.8, 4) is 33.8 Å². The van der Waals surface area contributed by atoms with Crippen molar-refractivity contribution in [2.45, 2.75) is 10.8 Å². The van der Waals surface area contributed by atoms with Crippen molar-refractivity contribution in [2.75, 3.05) is 24.0 Å². The highest BCUT2D eigenvalue weighted by Crippen LogP contribution is 2.67. The predicted molar refractivity (Wildman–Crippen MR) is 304 cm³/mol. The molecule has 0 saturated heterocycles. The summed E-state index contributed by atoms with van der Waals surface area (Å²) in [6.45, 7) is 0. The van der Waals surface area contributed by atoms with Crippen molar-refractivity contribution < 1.29 is 9.47 Å². The molecule has 0 aromatic heterocycles. The van der Waals surface area contributed by atoms with Crippen molar-refractivity contribution in [2.24, 2.45) is 0 Å². The van der Waals surface area contributed by atoms with Gasteiger partial charge in [-0.1, -0.05) is 170 Å². The van der Waals surface area contributed by atoms with Gasteiger partial charge in [0.25, 0.3) is 0 Å². The number of para-hydroxylation sites is 4. The van der Waals surface area contributed by atoms with E-state index >= 15 is 0 Å². The highest BCUT2D eigenvalue weighted by atomic mass is 16.5. The molecule has 0 spiro atoms. The Morgan fingerprint density at radius 3 is 0.878 bits per heavy atom. The van der Waals surface area contributed by atoms with E-state index in [9.17, 15) is 0 Å². The molecule has 0 radical (unpaired) electrons. The van der Waals surface area contributed by atoms with Crippen molar-refractivity contribution in [3.63, 3.8) is 0 Å². The summed E-state index contributed by atoms with van der Waals surface area (Å²) in [6, 6.07) is 102. The van der Waals surface area contributed by atoms with E-state index in [4.69, 9.17) is 9.47 Å². The van der Waals surface area contributed by atoms with E-state index in [0.717, 1.165) is 67.9 Å². The van der Waals surface area contributed by atoms with Gasteiger partial charge in [-0.3, -0.25) is 0 Å². The molecule has 354 valence electrons. The van der Waals surface area contributed by atoms with Gasteiger partial charge in [0, 0.05) is 34.1 Å². The first-order chi connectivity index (χ1) is 36.6. The molecule has 2 atom stereocenters. The maximum atomic E-state index is 5.82. The molecule has 0 saturated carbocycles. The fourth-order valence-electron chi connectivity index (χ4n) is 12.2. The van der Waals surface area contributed by atoms with E-state index in [1.165, 1.54) is 44.5 Å². The average Bonchev–Trinajstić information content (AvgIpc) is 3.54. The number of anilines is 6. The zero-order valence-corrected chi connectivity index (χ0v) is 41.3. The largest absolute Gasteiger partial charge is 0.497 e. The minimum atomic E-state index is -0.717. The van der Waals surface area contributed by atoms with Crippen molar-refractivity contribution in [1.29, 1.82) is 0 Å². The molecule has 3 aliphatic carbocycles. The number of hydrogen-bond donors (Lipinski definition) is 0. The summed E-state index contributed by atoms with van der Waals surface area (Å²) in [5, 5.41) is 0. The highest BCUT2D eigenvalue weighted by Gasteiger charge is 2.60. The maximum absolute atomic E-state index is 5.82. The first-order valence-corrected chi connectivity index (χ1v) is 25.3. The van der Waals surface area contributed by atoms with Crippen LogP contribution in [-0.4, -0.2) is 14.2 Å². The Bertz CT molecular complexity index is 3470. The number of benzene rings is 11. The second-order valence-corrected chi connectivity index (χ2v) is 19.1. The molecule has 2 unspecified atom stereocenters. The zero-order chi connectivity index (χ0) is 49.6. The molecule has 0 aliphatic heterocycles. The van der Waals surface area contributed by atoms with Gasteiger partial charge in [0.15, 0.2) is 0 Å². The second kappa shape index (κ2) is 18.3. The van der Waals surface area contributed by atoms with Crippen molar-refractivity contribution in [3.05, 3.63) is 324 Å². The van der Waals surface area contributed by atoms with Crippen LogP contribution in [0.3, 0.4) is 0 Å². The van der Waals surface area contributed by atoms with E-state index in [-0.39, 0.29) is 0 Å². The van der Waals surface area contributed by atoms with Gasteiger partial charge >= 0.3 is 0 Å². The predicted octanol–water partition coefficient (Wildman–Crippen LogP) is 17.4. The van der Waals surface area contributed by atoms with Crippen molar-refractivity contribution >= 4 is 34.1 Å². The molecule has 0 fully saturated rings. The summed E-state index contributed by atoms with van der Waals surface area (Å²) in [7, 11) is 3.48. The third kappa shape index (κ3) is 7.05. The van der Waals surface area contributed by atoms with Crippen LogP contribution >= 0.6 is 0 Å². The first-order valence-electron chi connectivity index (χ1n) is 25.3. The summed E-state index contributed by atoms with van der Waals surface area (Å²) in [4.78, 5) is 4.68. The summed E-state index contributed by atoms with van der Waals surface area (Å²) in [5.41, 5.74) is 19.5. The zero-order valence-electron chi connectivity index (χ0n) is 41.3. The monoisotopic (exact) mass is 952 g/mol. The van der Waals surface area contributed by atoms with E-state index < -0.39 is 10.8 Å². The molecule has 4 nitrogen and oxygen atoms in total. The first kappa shape index (κ1) is 44.6. The van der Waals surface area contributed by atoms with Crippen LogP contribution in [0.4, 0.5) is 34.1 Å². The van der Waals surface area contributed by atoms with E-state index in [0.29, 0.717) is 0 Å². The smallest absolute Gasteiger partial charge is 0.119 e. The fourth-order valence-corrected chi connectivity index (χ4v) is 12.2. The van der Waals surface area contributed by atoms with Gasteiger partial charge in [0.1, 0.15) is 11.5 Å². The summed E-state index contributed by atoms with van der Waals surface area (Å²) < 4.78 is 11.6. The lowest BCUT2D eigenvalue weighted by Crippen LogP contribution is -2.52. The lowest BCUT2D eigenvalue weighted by molar-refractivity contribution is 0.415. The van der Waals surface area contributed by atoms with Crippen LogP contribution < -0.4 is 19.3 Å². The number of ether oxygens (including phenoxy) is 2. The fraction of sp³-hybridized carbons (Fsp3) is 0.0571. The highest BCUT2D eigenvalue weighted by molar-refractivity contribution is 5.87. The molecule has 11 aromatic rings. The lowest BCUT2D eigenvalue weighted by Gasteiger charge is -2.57. The van der Waals surface area contributed by atoms with Crippen LogP contribution in [0.5, 0.6) is 11.5 Å². The molecular weight excluding hydrogens is 901 g/mol. The van der Waals surface area contributed by atoms with Gasteiger partial charge < -0.3 is 19.3 Å². The average molecular weight is 953 g/mol. The SMILES string of the molecule is COc1cccc(-c2ccc3c(c2)C2(c4ccc(N(c5ccccc5)c5ccccc5)cc4)c4ccccc4C3(c3ccc(N(c4ccccc4)c4ccccc4)cc3)c3cc(-c4cccc(OC)c4)ccc32)c1. The maximum Gasteiger partial charge on any atom is 0.119 e. The molecule has 0 amide bonds. The van der Waals surface area contributed by atoms with Gasteiger partial charge in [-0.05, 0) is 176 Å². The molecule has 74 heavy (non-hydrogen) atoms. The van der Waals surface area contributed by atoms with Crippen LogP contribution in [0.15, 0.2) is 279 Å². The van der Waals surface area contributed by atoms with Gasteiger partial charge in [-0.25, -0.2) is 0 Å². The minimum absolute atomic E-state index is 0.717. The summed E-state index contributed by atoms with van der Waals surface area (Å²) in [5.74, 6) is 1.65. The Morgan fingerprint density at radius 2 is 0.541 bits per heavy atom. The van der Waals surface area contributed by atoms with Crippen molar-refractivity contribution in [1.82, 2.24) is 0 Å². The quantitative estimate of drug-likeness (QED) is 0.122. The Balaban J connectivity index is 1.09. The summed E-state index contributed by atoms with van der Waals surface area (Å²) in [6.07, 6.45) is 0. The Labute approximate surface area is 433 Å². The van der Waals surface area contributed by atoms with Crippen LogP contribution in [0.25, 0.3) is 22.3 Å². The number of rotatable bonds is 12. The van der Waals surface area contributed by atoms with E-state index in [1.807, 2.05) is 12.1 Å². The lowest BCUT2D eigenvalue weighted by atomic mass is 9.44. The minimum Gasteiger partial charge on any atom is -0.497 e. The van der Waals surface area contributed by atoms with Gasteiger partial charge in [0.2, 0.25) is 0 Å². The molecule has 11 aromatic carbocycles. The standard InChI is InChI=1S/C70H52N2O2/c1-73-61-29-17-19-49(45-61)51-33-43-65-67(47-51)69(53-35-39-59(40-36-53)71(55-21-7-3-8-22-55)56-23-9-4-10-24-56)63-31-15-16-32-64(63)70(65,68-48-52(34-44-66(68)69)50-20-18-30-62(46-50)74-2)54-37-41-60(42-38-54)72(57-25-11-5-12-26-57)58-27-13-6-14-28-58/h3-48H,1-2H3. The van der Waals surface area contributed by atoms with E-state index in [2.05, 4.69) is 277 Å². The van der Waals surface area contributed by atoms with E-state index in [1.54, 1.807) is 14.2 Å².